The lowest BCUT2D eigenvalue weighted by Gasteiger charge is -2.16. The molecule has 0 bridgehead atoms. The van der Waals surface area contributed by atoms with Gasteiger partial charge in [-0.25, -0.2) is 4.39 Å². The van der Waals surface area contributed by atoms with Gasteiger partial charge in [0.25, 0.3) is 0 Å². The van der Waals surface area contributed by atoms with Crippen molar-refractivity contribution in [3.63, 3.8) is 0 Å². The Balaban J connectivity index is 1.66. The van der Waals surface area contributed by atoms with Crippen molar-refractivity contribution in [2.45, 2.75) is 51.6 Å². The van der Waals surface area contributed by atoms with Crippen LogP contribution in [0.15, 0.2) is 24.3 Å². The van der Waals surface area contributed by atoms with Gasteiger partial charge in [-0.3, -0.25) is 9.59 Å². The van der Waals surface area contributed by atoms with E-state index in [-0.39, 0.29) is 30.0 Å². The topological polar surface area (TPSA) is 63.1 Å². The maximum absolute atomic E-state index is 14.2. The minimum Gasteiger partial charge on any atom is -0.352 e. The Morgan fingerprint density at radius 1 is 1.32 bits per heavy atom. The van der Waals surface area contributed by atoms with E-state index >= 15 is 0 Å². The van der Waals surface area contributed by atoms with Gasteiger partial charge in [-0.15, -0.1) is 0 Å². The molecule has 2 aromatic rings. The molecule has 1 aromatic heterocycles. The van der Waals surface area contributed by atoms with Crippen molar-refractivity contribution in [2.75, 3.05) is 13.1 Å². The summed E-state index contributed by atoms with van der Waals surface area (Å²) in [6.45, 7) is 4.02. The molecule has 2 aliphatic rings. The van der Waals surface area contributed by atoms with Crippen LogP contribution in [0.2, 0.25) is 0 Å². The van der Waals surface area contributed by atoms with Gasteiger partial charge in [0.2, 0.25) is 5.91 Å². The summed E-state index contributed by atoms with van der Waals surface area (Å²) in [4.78, 5) is 25.3. The van der Waals surface area contributed by atoms with Crippen LogP contribution in [-0.4, -0.2) is 35.4 Å². The van der Waals surface area contributed by atoms with E-state index in [1.165, 1.54) is 6.07 Å². The molecule has 2 N–H and O–H groups in total. The average molecular weight is 383 g/mol. The minimum atomic E-state index is -0.250. The highest BCUT2D eigenvalue weighted by Crippen LogP contribution is 2.31. The molecule has 2 heterocycles. The molecular formula is C22H26FN3O2. The normalized spacial score (nSPS) is 18.9. The summed E-state index contributed by atoms with van der Waals surface area (Å²) >= 11 is 0. The van der Waals surface area contributed by atoms with Gasteiger partial charge in [0, 0.05) is 41.5 Å². The molecule has 0 saturated carbocycles. The van der Waals surface area contributed by atoms with E-state index in [0.29, 0.717) is 24.1 Å². The van der Waals surface area contributed by atoms with Gasteiger partial charge in [-0.1, -0.05) is 18.2 Å². The van der Waals surface area contributed by atoms with Crippen molar-refractivity contribution in [1.29, 1.82) is 0 Å². The van der Waals surface area contributed by atoms with Crippen LogP contribution in [0.3, 0.4) is 0 Å². The number of hydrogen-bond donors (Lipinski definition) is 2. The first kappa shape index (κ1) is 18.9. The molecule has 1 fully saturated rings. The number of carbonyl (C=O) groups is 2. The number of rotatable bonds is 5. The first-order valence-electron chi connectivity index (χ1n) is 10.0. The predicted molar refractivity (Wildman–Crippen MR) is 105 cm³/mol. The number of aromatic nitrogens is 1. The van der Waals surface area contributed by atoms with Gasteiger partial charge in [-0.2, -0.15) is 0 Å². The molecule has 0 spiro atoms. The van der Waals surface area contributed by atoms with Crippen LogP contribution in [0.25, 0.3) is 0 Å². The summed E-state index contributed by atoms with van der Waals surface area (Å²) in [5, 5.41) is 6.30. The third-order valence-electron chi connectivity index (χ3n) is 5.90. The lowest BCUT2D eigenvalue weighted by atomic mass is 9.92. The van der Waals surface area contributed by atoms with Crippen molar-refractivity contribution in [3.05, 3.63) is 58.2 Å². The molecule has 1 aliphatic carbocycles. The van der Waals surface area contributed by atoms with E-state index in [4.69, 9.17) is 0 Å². The van der Waals surface area contributed by atoms with E-state index in [2.05, 4.69) is 10.6 Å². The Bertz CT molecular complexity index is 913. The lowest BCUT2D eigenvalue weighted by molar-refractivity contribution is -0.121. The number of nitrogens with zero attached hydrogens (tertiary/aromatic N) is 1. The van der Waals surface area contributed by atoms with Gasteiger partial charge < -0.3 is 15.2 Å². The molecule has 6 heteroatoms. The molecule has 4 rings (SSSR count). The standard InChI is InChI=1S/C22H26FN3O2/c1-14-17(11-21(28)25-16-9-10-24-12-16)22-19(7-4-8-20(22)27)26(14)13-15-5-2-3-6-18(15)23/h2-3,5-6,16,24H,4,7-13H2,1H3,(H,25,28)/t16-/m1/s1. The van der Waals surface area contributed by atoms with Crippen LogP contribution in [0, 0.1) is 12.7 Å². The highest BCUT2D eigenvalue weighted by molar-refractivity contribution is 6.01. The van der Waals surface area contributed by atoms with Crippen LogP contribution in [-0.2, 0) is 24.2 Å². The second-order valence-electron chi connectivity index (χ2n) is 7.77. The van der Waals surface area contributed by atoms with Crippen LogP contribution in [0.1, 0.15) is 52.1 Å². The smallest absolute Gasteiger partial charge is 0.224 e. The van der Waals surface area contributed by atoms with Gasteiger partial charge in [0.05, 0.1) is 13.0 Å². The summed E-state index contributed by atoms with van der Waals surface area (Å²) in [5.74, 6) is -0.206. The van der Waals surface area contributed by atoms with Crippen molar-refractivity contribution in [1.82, 2.24) is 15.2 Å². The fourth-order valence-corrected chi connectivity index (χ4v) is 4.43. The van der Waals surface area contributed by atoms with Crippen LogP contribution in [0.4, 0.5) is 4.39 Å². The fraction of sp³-hybridized carbons (Fsp3) is 0.455. The first-order chi connectivity index (χ1) is 13.5. The highest BCUT2D eigenvalue weighted by atomic mass is 19.1. The van der Waals surface area contributed by atoms with Gasteiger partial charge >= 0.3 is 0 Å². The molecule has 0 radical (unpaired) electrons. The summed E-state index contributed by atoms with van der Waals surface area (Å²) in [6, 6.07) is 6.87. The molecule has 0 unspecified atom stereocenters. The van der Waals surface area contributed by atoms with E-state index in [1.807, 2.05) is 17.6 Å². The predicted octanol–water partition coefficient (Wildman–Crippen LogP) is 2.52. The number of benzene rings is 1. The molecule has 1 saturated heterocycles. The maximum Gasteiger partial charge on any atom is 0.224 e. The largest absolute Gasteiger partial charge is 0.352 e. The lowest BCUT2D eigenvalue weighted by Crippen LogP contribution is -2.37. The third kappa shape index (κ3) is 3.61. The number of nitrogens with one attached hydrogen (secondary N) is 2. The van der Waals surface area contributed by atoms with E-state index < -0.39 is 0 Å². The Morgan fingerprint density at radius 3 is 2.89 bits per heavy atom. The van der Waals surface area contributed by atoms with Crippen molar-refractivity contribution in [2.24, 2.45) is 0 Å². The van der Waals surface area contributed by atoms with E-state index in [9.17, 15) is 14.0 Å². The SMILES string of the molecule is Cc1c(CC(=O)N[C@@H]2CCNC2)c2c(n1Cc1ccccc1F)CCCC2=O. The number of carbonyl (C=O) groups excluding carboxylic acids is 2. The van der Waals surface area contributed by atoms with E-state index in [1.54, 1.807) is 12.1 Å². The molecular weight excluding hydrogens is 357 g/mol. The third-order valence-corrected chi connectivity index (χ3v) is 5.90. The zero-order valence-corrected chi connectivity index (χ0v) is 16.2. The molecule has 5 nitrogen and oxygen atoms in total. The van der Waals surface area contributed by atoms with Crippen molar-refractivity contribution >= 4 is 11.7 Å². The Morgan fingerprint density at radius 2 is 2.14 bits per heavy atom. The van der Waals surface area contributed by atoms with E-state index in [0.717, 1.165) is 49.3 Å². The molecule has 28 heavy (non-hydrogen) atoms. The van der Waals surface area contributed by atoms with Gasteiger partial charge in [0.15, 0.2) is 5.78 Å². The Hall–Kier alpha value is -2.47. The average Bonchev–Trinajstić information content (AvgIpc) is 3.26. The van der Waals surface area contributed by atoms with Crippen LogP contribution >= 0.6 is 0 Å². The number of hydrogen-bond acceptors (Lipinski definition) is 3. The van der Waals surface area contributed by atoms with Crippen LogP contribution in [0.5, 0.6) is 0 Å². The molecule has 148 valence electrons. The minimum absolute atomic E-state index is 0.0546. The zero-order valence-electron chi connectivity index (χ0n) is 16.2. The fourth-order valence-electron chi connectivity index (χ4n) is 4.43. The monoisotopic (exact) mass is 383 g/mol. The number of ketones is 1. The summed E-state index contributed by atoms with van der Waals surface area (Å²) in [6.07, 6.45) is 3.21. The summed E-state index contributed by atoms with van der Waals surface area (Å²) in [5.41, 5.74) is 3.93. The van der Waals surface area contributed by atoms with Gasteiger partial charge in [0.1, 0.15) is 5.82 Å². The second kappa shape index (κ2) is 7.87. The second-order valence-corrected chi connectivity index (χ2v) is 7.77. The summed E-state index contributed by atoms with van der Waals surface area (Å²) in [7, 11) is 0. The number of Topliss-reactive ketones (excluding diaryl/α,β-unsaturated/α-hetero) is 1. The number of amides is 1. The maximum atomic E-state index is 14.2. The molecule has 1 aliphatic heterocycles. The summed E-state index contributed by atoms with van der Waals surface area (Å²) < 4.78 is 16.2. The van der Waals surface area contributed by atoms with Crippen molar-refractivity contribution < 1.29 is 14.0 Å². The van der Waals surface area contributed by atoms with Crippen LogP contribution < -0.4 is 10.6 Å². The Kier molecular flexibility index (Phi) is 5.31. The van der Waals surface area contributed by atoms with Crippen molar-refractivity contribution in [3.8, 4) is 0 Å². The first-order valence-corrected chi connectivity index (χ1v) is 10.0. The number of fused-ring (bicyclic) bond motifs is 1. The molecule has 1 amide bonds. The molecule has 1 atom stereocenters. The highest BCUT2D eigenvalue weighted by Gasteiger charge is 2.29. The zero-order chi connectivity index (χ0) is 19.7. The Labute approximate surface area is 164 Å². The van der Waals surface area contributed by atoms with Gasteiger partial charge in [-0.05, 0) is 44.4 Å². The quantitative estimate of drug-likeness (QED) is 0.834. The number of halogens is 1. The molecule has 1 aromatic carbocycles.